The normalized spacial score (nSPS) is 12.9. The smallest absolute Gasteiger partial charge is 0.316 e. The molecule has 4 nitrogen and oxygen atoms in total. The lowest BCUT2D eigenvalue weighted by Crippen LogP contribution is -2.41. The molecule has 9 heteroatoms. The van der Waals surface area contributed by atoms with E-state index in [1.54, 1.807) is 14.0 Å². The van der Waals surface area contributed by atoms with Crippen LogP contribution in [0.4, 0.5) is 17.6 Å². The number of aryl methyl sites for hydroxylation is 1. The van der Waals surface area contributed by atoms with Gasteiger partial charge in [0, 0.05) is 6.54 Å². The van der Waals surface area contributed by atoms with Crippen molar-refractivity contribution in [1.29, 1.82) is 0 Å². The topological polar surface area (TPSA) is 58.2 Å². The van der Waals surface area contributed by atoms with Crippen molar-refractivity contribution in [2.45, 2.75) is 30.7 Å². The molecule has 1 rings (SSSR count). The quantitative estimate of drug-likeness (QED) is 0.752. The van der Waals surface area contributed by atoms with E-state index >= 15 is 0 Å². The third-order valence-electron chi connectivity index (χ3n) is 2.82. The van der Waals surface area contributed by atoms with E-state index in [-0.39, 0.29) is 4.90 Å². The van der Waals surface area contributed by atoms with Gasteiger partial charge >= 0.3 is 12.3 Å². The fourth-order valence-electron chi connectivity index (χ4n) is 1.55. The van der Waals surface area contributed by atoms with Crippen molar-refractivity contribution < 1.29 is 26.0 Å². The molecule has 120 valence electrons. The van der Waals surface area contributed by atoms with Crippen molar-refractivity contribution in [1.82, 2.24) is 10.0 Å². The molecule has 1 aromatic rings. The molecule has 2 N–H and O–H groups in total. The van der Waals surface area contributed by atoms with Gasteiger partial charge in [-0.2, -0.15) is 8.78 Å². The predicted molar refractivity (Wildman–Crippen MR) is 70.1 cm³/mol. The fourth-order valence-corrected chi connectivity index (χ4v) is 2.64. The van der Waals surface area contributed by atoms with Crippen LogP contribution in [0.5, 0.6) is 0 Å². The molecule has 0 heterocycles. The summed E-state index contributed by atoms with van der Waals surface area (Å²) >= 11 is 0. The molecule has 0 saturated heterocycles. The zero-order valence-corrected chi connectivity index (χ0v) is 12.3. The summed E-state index contributed by atoms with van der Waals surface area (Å²) in [5.41, 5.74) is 1.49. The van der Waals surface area contributed by atoms with Crippen LogP contribution in [-0.2, 0) is 16.6 Å². The van der Waals surface area contributed by atoms with Crippen molar-refractivity contribution in [2.75, 3.05) is 13.6 Å². The number of rotatable bonds is 7. The molecule has 0 aliphatic rings. The second-order valence-electron chi connectivity index (χ2n) is 4.50. The Labute approximate surface area is 120 Å². The maximum Gasteiger partial charge on any atom is 0.320 e. The zero-order valence-electron chi connectivity index (χ0n) is 11.5. The minimum absolute atomic E-state index is 0.247. The average molecular weight is 328 g/mol. The van der Waals surface area contributed by atoms with Crippen LogP contribution >= 0.6 is 0 Å². The first-order chi connectivity index (χ1) is 9.60. The van der Waals surface area contributed by atoms with Crippen LogP contribution < -0.4 is 10.0 Å². The van der Waals surface area contributed by atoms with Gasteiger partial charge in [-0.05, 0) is 37.2 Å². The summed E-state index contributed by atoms with van der Waals surface area (Å²) in [6, 6.07) is 4.07. The van der Waals surface area contributed by atoms with Crippen LogP contribution in [0, 0.1) is 6.92 Å². The zero-order chi connectivity index (χ0) is 16.3. The second kappa shape index (κ2) is 6.71. The highest BCUT2D eigenvalue weighted by molar-refractivity contribution is 7.89. The molecule has 0 bridgehead atoms. The van der Waals surface area contributed by atoms with Gasteiger partial charge < -0.3 is 5.32 Å². The number of sulfonamides is 1. The van der Waals surface area contributed by atoms with Gasteiger partial charge in [0.1, 0.15) is 0 Å². The molecular formula is C12H16F4N2O2S. The highest BCUT2D eigenvalue weighted by Gasteiger charge is 2.41. The van der Waals surface area contributed by atoms with E-state index in [9.17, 15) is 26.0 Å². The Bertz CT molecular complexity index is 591. The molecule has 0 aliphatic heterocycles. The molecule has 0 unspecified atom stereocenters. The summed E-state index contributed by atoms with van der Waals surface area (Å²) in [6.07, 6.45) is -3.93. The van der Waals surface area contributed by atoms with Crippen LogP contribution in [0.2, 0.25) is 0 Å². The maximum absolute atomic E-state index is 12.8. The highest BCUT2D eigenvalue weighted by atomic mass is 32.2. The summed E-state index contributed by atoms with van der Waals surface area (Å²) in [4.78, 5) is -0.247. The number of hydrogen-bond acceptors (Lipinski definition) is 3. The van der Waals surface area contributed by atoms with Crippen LogP contribution in [0.3, 0.4) is 0 Å². The SMILES string of the molecule is CNCc1cc(S(=O)(=O)NCC(F)(F)C(F)F)ccc1C. The largest absolute Gasteiger partial charge is 0.320 e. The number of nitrogens with one attached hydrogen (secondary N) is 2. The summed E-state index contributed by atoms with van der Waals surface area (Å²) in [7, 11) is -2.61. The fraction of sp³-hybridized carbons (Fsp3) is 0.500. The Hall–Kier alpha value is -1.19. The van der Waals surface area contributed by atoms with Gasteiger partial charge in [0.2, 0.25) is 10.0 Å². The van der Waals surface area contributed by atoms with E-state index in [1.807, 2.05) is 0 Å². The van der Waals surface area contributed by atoms with Crippen molar-refractivity contribution in [3.8, 4) is 0 Å². The van der Waals surface area contributed by atoms with Gasteiger partial charge in [-0.3, -0.25) is 0 Å². The van der Waals surface area contributed by atoms with Crippen LogP contribution in [0.25, 0.3) is 0 Å². The van der Waals surface area contributed by atoms with Crippen LogP contribution in [-0.4, -0.2) is 34.4 Å². The lowest BCUT2D eigenvalue weighted by Gasteiger charge is -2.16. The Morgan fingerprint density at radius 3 is 2.43 bits per heavy atom. The van der Waals surface area contributed by atoms with Crippen molar-refractivity contribution in [3.63, 3.8) is 0 Å². The third kappa shape index (κ3) is 4.65. The van der Waals surface area contributed by atoms with E-state index in [4.69, 9.17) is 0 Å². The van der Waals surface area contributed by atoms with Crippen LogP contribution in [0.15, 0.2) is 23.1 Å². The molecule has 0 amide bonds. The number of halogens is 4. The maximum atomic E-state index is 12.8. The van der Waals surface area contributed by atoms with Gasteiger partial charge in [0.25, 0.3) is 0 Å². The number of hydrogen-bond donors (Lipinski definition) is 2. The van der Waals surface area contributed by atoms with Gasteiger partial charge in [0.05, 0.1) is 11.4 Å². The Kier molecular flexibility index (Phi) is 5.71. The summed E-state index contributed by atoms with van der Waals surface area (Å²) in [5.74, 6) is -4.41. The lowest BCUT2D eigenvalue weighted by atomic mass is 10.1. The molecule has 0 atom stereocenters. The molecule has 0 spiro atoms. The highest BCUT2D eigenvalue weighted by Crippen LogP contribution is 2.23. The standard InChI is InChI=1S/C12H16F4N2O2S/c1-8-3-4-10(5-9(8)6-17-2)21(19,20)18-7-12(15,16)11(13)14/h3-5,11,17-18H,6-7H2,1-2H3. The molecule has 0 aromatic heterocycles. The van der Waals surface area contributed by atoms with Crippen molar-refractivity contribution in [3.05, 3.63) is 29.3 Å². The minimum Gasteiger partial charge on any atom is -0.316 e. The molecule has 0 radical (unpaired) electrons. The van der Waals surface area contributed by atoms with E-state index < -0.39 is 28.9 Å². The van der Waals surface area contributed by atoms with Gasteiger partial charge in [-0.1, -0.05) is 6.07 Å². The first kappa shape index (κ1) is 17.9. The Morgan fingerprint density at radius 1 is 1.29 bits per heavy atom. The Balaban J connectivity index is 2.96. The molecule has 0 saturated carbocycles. The Morgan fingerprint density at radius 2 is 1.90 bits per heavy atom. The van der Waals surface area contributed by atoms with Crippen LogP contribution in [0.1, 0.15) is 11.1 Å². The summed E-state index contributed by atoms with van der Waals surface area (Å²) < 4.78 is 74.8. The van der Waals surface area contributed by atoms with E-state index in [0.29, 0.717) is 12.1 Å². The third-order valence-corrected chi connectivity index (χ3v) is 4.21. The number of alkyl halides is 4. The molecule has 1 aromatic carbocycles. The van der Waals surface area contributed by atoms with E-state index in [1.165, 1.54) is 22.9 Å². The molecule has 21 heavy (non-hydrogen) atoms. The monoisotopic (exact) mass is 328 g/mol. The van der Waals surface area contributed by atoms with E-state index in [2.05, 4.69) is 5.32 Å². The minimum atomic E-state index is -4.41. The second-order valence-corrected chi connectivity index (χ2v) is 6.27. The van der Waals surface area contributed by atoms with Gasteiger partial charge in [-0.25, -0.2) is 21.9 Å². The molecule has 0 fully saturated rings. The molecule has 0 aliphatic carbocycles. The van der Waals surface area contributed by atoms with Crippen molar-refractivity contribution in [2.24, 2.45) is 0 Å². The first-order valence-corrected chi connectivity index (χ1v) is 7.48. The lowest BCUT2D eigenvalue weighted by molar-refractivity contribution is -0.122. The van der Waals surface area contributed by atoms with Gasteiger partial charge in [-0.15, -0.1) is 0 Å². The number of benzene rings is 1. The first-order valence-electron chi connectivity index (χ1n) is 6.00. The van der Waals surface area contributed by atoms with E-state index in [0.717, 1.165) is 5.56 Å². The summed E-state index contributed by atoms with van der Waals surface area (Å²) in [5, 5.41) is 2.84. The average Bonchev–Trinajstić information content (AvgIpc) is 2.39. The molecular weight excluding hydrogens is 312 g/mol. The predicted octanol–water partition coefficient (Wildman–Crippen LogP) is 1.89. The van der Waals surface area contributed by atoms with Gasteiger partial charge in [0.15, 0.2) is 0 Å². The summed E-state index contributed by atoms with van der Waals surface area (Å²) in [6.45, 7) is 0.506. The van der Waals surface area contributed by atoms with Crippen molar-refractivity contribution >= 4 is 10.0 Å².